The van der Waals surface area contributed by atoms with Gasteiger partial charge in [-0.2, -0.15) is 0 Å². The molecule has 0 aromatic heterocycles. The molecule has 3 rings (SSSR count). The average Bonchev–Trinajstić information content (AvgIpc) is 2.82. The van der Waals surface area contributed by atoms with Gasteiger partial charge >= 0.3 is 0 Å². The zero-order chi connectivity index (χ0) is 26.6. The number of nitrogen functional groups attached to an aromatic ring is 2. The van der Waals surface area contributed by atoms with Gasteiger partial charge in [-0.05, 0) is 94.5 Å². The highest BCUT2D eigenvalue weighted by Crippen LogP contribution is 2.32. The van der Waals surface area contributed by atoms with Crippen LogP contribution in [-0.2, 0) is 0 Å². The van der Waals surface area contributed by atoms with Crippen molar-refractivity contribution in [2.24, 2.45) is 0 Å². The molecule has 36 heavy (non-hydrogen) atoms. The summed E-state index contributed by atoms with van der Waals surface area (Å²) in [6, 6.07) is 16.6. The van der Waals surface area contributed by atoms with Gasteiger partial charge in [0.1, 0.15) is 0 Å². The fraction of sp³-hybridized carbons (Fsp3) is 0.353. The van der Waals surface area contributed by atoms with Crippen LogP contribution in [0.4, 0.5) is 11.4 Å². The molecular formula is C34H40N2. The van der Waals surface area contributed by atoms with Crippen molar-refractivity contribution in [3.05, 3.63) is 93.0 Å². The first-order valence-corrected chi connectivity index (χ1v) is 13.0. The molecule has 0 heterocycles. The van der Waals surface area contributed by atoms with Gasteiger partial charge in [0.15, 0.2) is 0 Å². The van der Waals surface area contributed by atoms with Gasteiger partial charge in [0.25, 0.3) is 0 Å². The Balaban J connectivity index is 1.88. The van der Waals surface area contributed by atoms with E-state index in [1.54, 1.807) is 0 Å². The van der Waals surface area contributed by atoms with Gasteiger partial charge in [0.2, 0.25) is 0 Å². The van der Waals surface area contributed by atoms with Gasteiger partial charge in [-0.15, -0.1) is 0 Å². The number of hydrogen-bond acceptors (Lipinski definition) is 2. The van der Waals surface area contributed by atoms with Gasteiger partial charge in [0, 0.05) is 33.6 Å². The third kappa shape index (κ3) is 6.33. The Hall–Kier alpha value is -3.62. The van der Waals surface area contributed by atoms with Gasteiger partial charge in [0.05, 0.1) is 0 Å². The first kappa shape index (κ1) is 27.0. The lowest BCUT2D eigenvalue weighted by Crippen LogP contribution is -2.04. The molecule has 4 N–H and O–H groups in total. The van der Waals surface area contributed by atoms with Crippen LogP contribution in [0.25, 0.3) is 0 Å². The summed E-state index contributed by atoms with van der Waals surface area (Å²) in [5, 5.41) is 0. The molecule has 0 bridgehead atoms. The van der Waals surface area contributed by atoms with E-state index in [1.807, 2.05) is 24.3 Å². The summed E-state index contributed by atoms with van der Waals surface area (Å²) in [5.74, 6) is 14.7. The lowest BCUT2D eigenvalue weighted by atomic mass is 9.90. The van der Waals surface area contributed by atoms with E-state index >= 15 is 0 Å². The Morgan fingerprint density at radius 1 is 0.417 bits per heavy atom. The predicted molar refractivity (Wildman–Crippen MR) is 156 cm³/mol. The van der Waals surface area contributed by atoms with Crippen molar-refractivity contribution in [1.29, 1.82) is 0 Å². The number of nitrogens with two attached hydrogens (primary N) is 2. The van der Waals surface area contributed by atoms with Gasteiger partial charge in [-0.1, -0.05) is 79.1 Å². The first-order chi connectivity index (χ1) is 17.0. The number of benzene rings is 3. The molecule has 0 aliphatic heterocycles. The highest BCUT2D eigenvalue weighted by Gasteiger charge is 2.14. The molecule has 0 aliphatic carbocycles. The van der Waals surface area contributed by atoms with Crippen LogP contribution in [0.15, 0.2) is 48.5 Å². The van der Waals surface area contributed by atoms with E-state index in [4.69, 9.17) is 11.5 Å². The number of rotatable bonds is 4. The third-order valence-corrected chi connectivity index (χ3v) is 6.56. The van der Waals surface area contributed by atoms with Crippen LogP contribution in [0.3, 0.4) is 0 Å². The minimum absolute atomic E-state index is 0.358. The monoisotopic (exact) mass is 476 g/mol. The van der Waals surface area contributed by atoms with E-state index in [1.165, 1.54) is 22.3 Å². The molecular weight excluding hydrogens is 436 g/mol. The maximum atomic E-state index is 6.43. The molecule has 3 aromatic carbocycles. The summed E-state index contributed by atoms with van der Waals surface area (Å²) in [4.78, 5) is 0. The van der Waals surface area contributed by atoms with Crippen molar-refractivity contribution >= 4 is 11.4 Å². The van der Waals surface area contributed by atoms with Crippen molar-refractivity contribution in [1.82, 2.24) is 0 Å². The summed E-state index contributed by atoms with van der Waals surface area (Å²) in [5.41, 5.74) is 23.3. The van der Waals surface area contributed by atoms with E-state index < -0.39 is 0 Å². The lowest BCUT2D eigenvalue weighted by molar-refractivity contribution is 0.838. The molecule has 0 saturated heterocycles. The summed E-state index contributed by atoms with van der Waals surface area (Å²) in [6.07, 6.45) is 0. The van der Waals surface area contributed by atoms with Gasteiger partial charge < -0.3 is 11.5 Å². The Labute approximate surface area is 218 Å². The van der Waals surface area contributed by atoms with Gasteiger partial charge in [-0.3, -0.25) is 0 Å². The zero-order valence-electron chi connectivity index (χ0n) is 23.1. The Morgan fingerprint density at radius 3 is 0.861 bits per heavy atom. The minimum Gasteiger partial charge on any atom is -0.398 e. The standard InChI is InChI=1S/C34H40N2/c1-21(2)29-17-27(18-30(22(3)4)33(29)35)15-13-25-9-11-26(12-10-25)14-16-28-19-31(23(5)6)34(36)32(20-28)24(7)8/h9-12,17-24H,35-36H2,1-8H3. The molecule has 0 amide bonds. The third-order valence-electron chi connectivity index (χ3n) is 6.56. The van der Waals surface area contributed by atoms with E-state index in [0.29, 0.717) is 23.7 Å². The van der Waals surface area contributed by atoms with Crippen LogP contribution in [-0.4, -0.2) is 0 Å². The quantitative estimate of drug-likeness (QED) is 0.295. The van der Waals surface area contributed by atoms with Crippen LogP contribution in [0.1, 0.15) is 124 Å². The van der Waals surface area contributed by atoms with E-state index in [-0.39, 0.29) is 0 Å². The Bertz CT molecular complexity index is 1180. The average molecular weight is 477 g/mol. The Kier molecular flexibility index (Phi) is 8.55. The van der Waals surface area contributed by atoms with E-state index in [0.717, 1.165) is 33.6 Å². The Morgan fingerprint density at radius 2 is 0.639 bits per heavy atom. The van der Waals surface area contributed by atoms with E-state index in [9.17, 15) is 0 Å². The fourth-order valence-electron chi connectivity index (χ4n) is 4.38. The summed E-state index contributed by atoms with van der Waals surface area (Å²) >= 11 is 0. The molecule has 2 heteroatoms. The highest BCUT2D eigenvalue weighted by molar-refractivity contribution is 5.62. The van der Waals surface area contributed by atoms with Crippen LogP contribution in [0.5, 0.6) is 0 Å². The maximum Gasteiger partial charge on any atom is 0.0385 e. The van der Waals surface area contributed by atoms with Crippen molar-refractivity contribution in [3.63, 3.8) is 0 Å². The maximum absolute atomic E-state index is 6.43. The predicted octanol–water partition coefficient (Wildman–Crippen LogP) is 8.14. The highest BCUT2D eigenvalue weighted by atomic mass is 14.6. The lowest BCUT2D eigenvalue weighted by Gasteiger charge is -2.17. The van der Waals surface area contributed by atoms with Crippen LogP contribution < -0.4 is 11.5 Å². The van der Waals surface area contributed by atoms with Crippen molar-refractivity contribution < 1.29 is 0 Å². The summed E-state index contributed by atoms with van der Waals surface area (Å²) in [6.45, 7) is 17.4. The smallest absolute Gasteiger partial charge is 0.0385 e. The molecule has 0 radical (unpaired) electrons. The van der Waals surface area contributed by atoms with Crippen LogP contribution in [0, 0.1) is 23.7 Å². The van der Waals surface area contributed by atoms with Crippen molar-refractivity contribution in [3.8, 4) is 23.7 Å². The second kappa shape index (κ2) is 11.4. The molecule has 186 valence electrons. The fourth-order valence-corrected chi connectivity index (χ4v) is 4.38. The molecule has 0 spiro atoms. The first-order valence-electron chi connectivity index (χ1n) is 13.0. The SMILES string of the molecule is CC(C)c1cc(C#Cc2ccc(C#Cc3cc(C(C)C)c(N)c(C(C)C)c3)cc2)cc(C(C)C)c1N. The largest absolute Gasteiger partial charge is 0.398 e. The second-order valence-corrected chi connectivity index (χ2v) is 10.8. The zero-order valence-corrected chi connectivity index (χ0v) is 23.1. The summed E-state index contributed by atoms with van der Waals surface area (Å²) < 4.78 is 0. The molecule has 3 aromatic rings. The van der Waals surface area contributed by atoms with Gasteiger partial charge in [-0.25, -0.2) is 0 Å². The van der Waals surface area contributed by atoms with E-state index in [2.05, 4.69) is 103 Å². The number of hydrogen-bond donors (Lipinski definition) is 2. The molecule has 0 atom stereocenters. The molecule has 0 aliphatic rings. The topological polar surface area (TPSA) is 52.0 Å². The van der Waals surface area contributed by atoms with Crippen LogP contribution >= 0.6 is 0 Å². The normalized spacial score (nSPS) is 11.0. The molecule has 0 saturated carbocycles. The summed E-state index contributed by atoms with van der Waals surface area (Å²) in [7, 11) is 0. The van der Waals surface area contributed by atoms with Crippen LogP contribution in [0.2, 0.25) is 0 Å². The number of anilines is 2. The minimum atomic E-state index is 0.358. The molecule has 0 unspecified atom stereocenters. The second-order valence-electron chi connectivity index (χ2n) is 10.8. The molecule has 0 fully saturated rings. The van der Waals surface area contributed by atoms with Crippen molar-refractivity contribution in [2.45, 2.75) is 79.1 Å². The molecule has 2 nitrogen and oxygen atoms in total. The van der Waals surface area contributed by atoms with Crippen molar-refractivity contribution in [2.75, 3.05) is 11.5 Å².